The summed E-state index contributed by atoms with van der Waals surface area (Å²) in [6.07, 6.45) is 3.51. The number of nitrogens with two attached hydrogens (primary N) is 1. The van der Waals surface area contributed by atoms with E-state index >= 15 is 0 Å². The first-order valence-electron chi connectivity index (χ1n) is 6.95. The maximum atomic E-state index is 13.8. The Morgan fingerprint density at radius 1 is 1.48 bits per heavy atom. The van der Waals surface area contributed by atoms with Crippen molar-refractivity contribution >= 4 is 11.6 Å². The number of rotatable bonds is 4. The van der Waals surface area contributed by atoms with Crippen LogP contribution in [0.15, 0.2) is 34.9 Å². The molecule has 2 N–H and O–H groups in total. The Balaban J connectivity index is 1.87. The number of amides is 1. The normalized spacial score (nSPS) is 14.2. The van der Waals surface area contributed by atoms with E-state index in [1.54, 1.807) is 24.2 Å². The third-order valence-electron chi connectivity index (χ3n) is 3.79. The molecule has 1 aliphatic rings. The standard InChI is InChI=1S/C16H17FN2O2/c1-10-14(17)7-11(8-15(10)18)16(20)19(12-4-5-12)9-13-3-2-6-21-13/h2-3,6-8,12H,4-5,9,18H2,1H3. The smallest absolute Gasteiger partial charge is 0.254 e. The van der Waals surface area contributed by atoms with Gasteiger partial charge in [0.15, 0.2) is 0 Å². The van der Waals surface area contributed by atoms with Crippen LogP contribution in [-0.4, -0.2) is 16.8 Å². The number of furan rings is 1. The van der Waals surface area contributed by atoms with Gasteiger partial charge in [0.1, 0.15) is 11.6 Å². The van der Waals surface area contributed by atoms with Crippen LogP contribution in [-0.2, 0) is 6.54 Å². The first-order chi connectivity index (χ1) is 10.1. The number of carbonyl (C=O) groups excluding carboxylic acids is 1. The molecule has 4 nitrogen and oxygen atoms in total. The van der Waals surface area contributed by atoms with Gasteiger partial charge in [-0.3, -0.25) is 4.79 Å². The van der Waals surface area contributed by atoms with Gasteiger partial charge in [-0.15, -0.1) is 0 Å². The summed E-state index contributed by atoms with van der Waals surface area (Å²) in [6.45, 7) is 1.99. The van der Waals surface area contributed by atoms with Gasteiger partial charge in [-0.25, -0.2) is 4.39 Å². The number of nitrogens with zero attached hydrogens (tertiary/aromatic N) is 1. The van der Waals surface area contributed by atoms with E-state index in [0.29, 0.717) is 17.8 Å². The van der Waals surface area contributed by atoms with Crippen LogP contribution in [0.5, 0.6) is 0 Å². The van der Waals surface area contributed by atoms with E-state index in [9.17, 15) is 9.18 Å². The fourth-order valence-corrected chi connectivity index (χ4v) is 2.31. The molecular formula is C16H17FN2O2. The SMILES string of the molecule is Cc1c(N)cc(C(=O)N(Cc2ccco2)C2CC2)cc1F. The van der Waals surface area contributed by atoms with Crippen molar-refractivity contribution in [3.8, 4) is 0 Å². The van der Waals surface area contributed by atoms with E-state index in [-0.39, 0.29) is 17.5 Å². The number of hydrogen-bond acceptors (Lipinski definition) is 3. The first kappa shape index (κ1) is 13.7. The van der Waals surface area contributed by atoms with Crippen molar-refractivity contribution in [3.05, 3.63) is 53.2 Å². The zero-order valence-corrected chi connectivity index (χ0v) is 11.8. The van der Waals surface area contributed by atoms with Crippen molar-refractivity contribution < 1.29 is 13.6 Å². The fraction of sp³-hybridized carbons (Fsp3) is 0.312. The molecule has 1 heterocycles. The summed E-state index contributed by atoms with van der Waals surface area (Å²) in [5, 5.41) is 0. The summed E-state index contributed by atoms with van der Waals surface area (Å²) in [4.78, 5) is 14.4. The van der Waals surface area contributed by atoms with Crippen molar-refractivity contribution in [2.45, 2.75) is 32.4 Å². The zero-order chi connectivity index (χ0) is 15.0. The van der Waals surface area contributed by atoms with Gasteiger partial charge in [0.25, 0.3) is 5.91 Å². The van der Waals surface area contributed by atoms with Crippen LogP contribution in [0.3, 0.4) is 0 Å². The Kier molecular flexibility index (Phi) is 3.41. The van der Waals surface area contributed by atoms with Crippen molar-refractivity contribution in [2.24, 2.45) is 0 Å². The van der Waals surface area contributed by atoms with Gasteiger partial charge in [0.2, 0.25) is 0 Å². The van der Waals surface area contributed by atoms with E-state index in [0.717, 1.165) is 18.6 Å². The van der Waals surface area contributed by atoms with Crippen LogP contribution in [0.1, 0.15) is 34.5 Å². The second kappa shape index (κ2) is 5.24. The van der Waals surface area contributed by atoms with Gasteiger partial charge in [-0.05, 0) is 44.0 Å². The second-order valence-corrected chi connectivity index (χ2v) is 5.42. The Labute approximate surface area is 122 Å². The molecule has 0 radical (unpaired) electrons. The largest absolute Gasteiger partial charge is 0.467 e. The lowest BCUT2D eigenvalue weighted by Crippen LogP contribution is -2.32. The summed E-state index contributed by atoms with van der Waals surface area (Å²) in [7, 11) is 0. The Bertz CT molecular complexity index is 640. The molecule has 0 spiro atoms. The Hall–Kier alpha value is -2.30. The monoisotopic (exact) mass is 288 g/mol. The molecule has 1 aromatic carbocycles. The molecule has 0 saturated heterocycles. The van der Waals surface area contributed by atoms with E-state index in [1.165, 1.54) is 12.1 Å². The molecular weight excluding hydrogens is 271 g/mol. The molecule has 2 aromatic rings. The van der Waals surface area contributed by atoms with Crippen LogP contribution in [0.4, 0.5) is 10.1 Å². The molecule has 1 amide bonds. The van der Waals surface area contributed by atoms with E-state index in [2.05, 4.69) is 0 Å². The summed E-state index contributed by atoms with van der Waals surface area (Å²) in [6, 6.07) is 6.61. The molecule has 1 saturated carbocycles. The van der Waals surface area contributed by atoms with Crippen molar-refractivity contribution in [2.75, 3.05) is 5.73 Å². The summed E-state index contributed by atoms with van der Waals surface area (Å²) >= 11 is 0. The van der Waals surface area contributed by atoms with Crippen LogP contribution in [0.2, 0.25) is 0 Å². The minimum absolute atomic E-state index is 0.202. The molecule has 110 valence electrons. The van der Waals surface area contributed by atoms with Crippen LogP contribution < -0.4 is 5.73 Å². The number of halogens is 1. The Morgan fingerprint density at radius 2 is 2.24 bits per heavy atom. The zero-order valence-electron chi connectivity index (χ0n) is 11.8. The molecule has 1 aromatic heterocycles. The lowest BCUT2D eigenvalue weighted by atomic mass is 10.1. The number of carbonyl (C=O) groups is 1. The van der Waals surface area contributed by atoms with E-state index in [4.69, 9.17) is 10.2 Å². The Morgan fingerprint density at radius 3 is 2.81 bits per heavy atom. The van der Waals surface area contributed by atoms with E-state index < -0.39 is 5.82 Å². The van der Waals surface area contributed by atoms with Gasteiger partial charge >= 0.3 is 0 Å². The summed E-state index contributed by atoms with van der Waals surface area (Å²) in [5.74, 6) is 0.0578. The average molecular weight is 288 g/mol. The van der Waals surface area contributed by atoms with Gasteiger partial charge in [0.05, 0.1) is 12.8 Å². The maximum Gasteiger partial charge on any atom is 0.254 e. The minimum Gasteiger partial charge on any atom is -0.467 e. The molecule has 1 aliphatic carbocycles. The lowest BCUT2D eigenvalue weighted by molar-refractivity contribution is 0.0717. The topological polar surface area (TPSA) is 59.5 Å². The third-order valence-corrected chi connectivity index (χ3v) is 3.79. The van der Waals surface area contributed by atoms with Gasteiger partial charge in [0, 0.05) is 22.9 Å². The highest BCUT2D eigenvalue weighted by atomic mass is 19.1. The molecule has 0 unspecified atom stereocenters. The molecule has 1 fully saturated rings. The predicted molar refractivity (Wildman–Crippen MR) is 77.2 cm³/mol. The highest BCUT2D eigenvalue weighted by molar-refractivity contribution is 5.95. The number of anilines is 1. The third kappa shape index (κ3) is 2.77. The van der Waals surface area contributed by atoms with E-state index in [1.807, 2.05) is 6.07 Å². The van der Waals surface area contributed by atoms with Crippen LogP contribution >= 0.6 is 0 Å². The van der Waals surface area contributed by atoms with Crippen molar-refractivity contribution in [1.82, 2.24) is 4.90 Å². The number of benzene rings is 1. The van der Waals surface area contributed by atoms with Gasteiger partial charge < -0.3 is 15.1 Å². The van der Waals surface area contributed by atoms with Gasteiger partial charge in [-0.1, -0.05) is 0 Å². The predicted octanol–water partition coefficient (Wildman–Crippen LogP) is 3.11. The summed E-state index contributed by atoms with van der Waals surface area (Å²) in [5.41, 5.74) is 6.71. The first-order valence-corrected chi connectivity index (χ1v) is 6.95. The molecule has 0 atom stereocenters. The van der Waals surface area contributed by atoms with Crippen molar-refractivity contribution in [3.63, 3.8) is 0 Å². The van der Waals surface area contributed by atoms with Crippen LogP contribution in [0.25, 0.3) is 0 Å². The minimum atomic E-state index is -0.452. The van der Waals surface area contributed by atoms with Crippen LogP contribution in [0, 0.1) is 12.7 Å². The maximum absolute atomic E-state index is 13.8. The number of hydrogen-bond donors (Lipinski definition) is 1. The quantitative estimate of drug-likeness (QED) is 0.879. The highest BCUT2D eigenvalue weighted by Gasteiger charge is 2.34. The molecule has 0 aliphatic heterocycles. The molecule has 0 bridgehead atoms. The second-order valence-electron chi connectivity index (χ2n) is 5.42. The van der Waals surface area contributed by atoms with Gasteiger partial charge in [-0.2, -0.15) is 0 Å². The average Bonchev–Trinajstić information content (AvgIpc) is 3.17. The highest BCUT2D eigenvalue weighted by Crippen LogP contribution is 2.30. The molecule has 5 heteroatoms. The molecule has 21 heavy (non-hydrogen) atoms. The summed E-state index contributed by atoms with van der Waals surface area (Å²) < 4.78 is 19.1. The fourth-order valence-electron chi connectivity index (χ4n) is 2.31. The van der Waals surface area contributed by atoms with Crippen molar-refractivity contribution in [1.29, 1.82) is 0 Å². The lowest BCUT2D eigenvalue weighted by Gasteiger charge is -2.22. The molecule has 3 rings (SSSR count). The number of nitrogen functional groups attached to an aromatic ring is 1.